The standard InChI is InChI=1S/C22H37NO3.ClH/c1-21(2,3)17-14-16(15-18(20(17)25)22(4,5)6)10-11-19(24)26-13-12-23(7,8)9;/h14-15H,10-13H2,1-9H3;1H. The highest BCUT2D eigenvalue weighted by Crippen LogP contribution is 2.39. The van der Waals surface area contributed by atoms with Gasteiger partial charge in [0.05, 0.1) is 21.1 Å². The molecule has 0 spiro atoms. The third-order valence-corrected chi connectivity index (χ3v) is 4.43. The molecular formula is C22H38ClNO3. The fraction of sp³-hybridized carbons (Fsp3) is 0.682. The van der Waals surface area contributed by atoms with E-state index in [9.17, 15) is 9.90 Å². The molecule has 27 heavy (non-hydrogen) atoms. The number of halogens is 1. The lowest BCUT2D eigenvalue weighted by atomic mass is 9.78. The fourth-order valence-corrected chi connectivity index (χ4v) is 2.73. The normalized spacial score (nSPS) is 12.5. The van der Waals surface area contributed by atoms with Gasteiger partial charge < -0.3 is 26.7 Å². The van der Waals surface area contributed by atoms with Crippen molar-refractivity contribution >= 4 is 5.97 Å². The molecule has 1 rings (SSSR count). The summed E-state index contributed by atoms with van der Waals surface area (Å²) in [4.78, 5) is 12.1. The quantitative estimate of drug-likeness (QED) is 0.577. The van der Waals surface area contributed by atoms with E-state index in [-0.39, 0.29) is 29.2 Å². The molecule has 1 N–H and O–H groups in total. The van der Waals surface area contributed by atoms with Crippen molar-refractivity contribution in [2.75, 3.05) is 34.3 Å². The molecule has 4 nitrogen and oxygen atoms in total. The second kappa shape index (κ2) is 9.29. The van der Waals surface area contributed by atoms with E-state index in [0.717, 1.165) is 27.7 Å². The van der Waals surface area contributed by atoms with Crippen molar-refractivity contribution in [1.82, 2.24) is 0 Å². The van der Waals surface area contributed by atoms with Crippen LogP contribution in [-0.4, -0.2) is 49.9 Å². The maximum atomic E-state index is 12.1. The first-order chi connectivity index (χ1) is 11.6. The van der Waals surface area contributed by atoms with Gasteiger partial charge in [0.15, 0.2) is 0 Å². The molecule has 0 heterocycles. The van der Waals surface area contributed by atoms with Crippen molar-refractivity contribution in [1.29, 1.82) is 0 Å². The van der Waals surface area contributed by atoms with Crippen molar-refractivity contribution in [3.63, 3.8) is 0 Å². The average molecular weight is 400 g/mol. The van der Waals surface area contributed by atoms with Crippen LogP contribution in [-0.2, 0) is 26.8 Å². The van der Waals surface area contributed by atoms with E-state index >= 15 is 0 Å². The Hall–Kier alpha value is -1.26. The van der Waals surface area contributed by atoms with Gasteiger partial charge in [0.2, 0.25) is 0 Å². The molecule has 0 unspecified atom stereocenters. The van der Waals surface area contributed by atoms with Gasteiger partial charge in [-0.05, 0) is 33.9 Å². The van der Waals surface area contributed by atoms with Crippen molar-refractivity contribution in [2.45, 2.75) is 65.2 Å². The summed E-state index contributed by atoms with van der Waals surface area (Å²) in [6.07, 6.45) is 0.977. The minimum atomic E-state index is -0.166. The van der Waals surface area contributed by atoms with Crippen LogP contribution >= 0.6 is 0 Å². The summed E-state index contributed by atoms with van der Waals surface area (Å²) in [5.74, 6) is 0.209. The molecular weight excluding hydrogens is 362 g/mol. The Bertz CT molecular complexity index is 599. The van der Waals surface area contributed by atoms with E-state index < -0.39 is 0 Å². The number of quaternary nitrogens is 1. The zero-order valence-corrected chi connectivity index (χ0v) is 19.3. The number of esters is 1. The highest BCUT2D eigenvalue weighted by Gasteiger charge is 2.26. The van der Waals surface area contributed by atoms with Crippen LogP contribution in [0.15, 0.2) is 12.1 Å². The van der Waals surface area contributed by atoms with Crippen LogP contribution in [0, 0.1) is 0 Å². The first-order valence-electron chi connectivity index (χ1n) is 9.44. The first-order valence-corrected chi connectivity index (χ1v) is 9.44. The average Bonchev–Trinajstić information content (AvgIpc) is 2.42. The van der Waals surface area contributed by atoms with Gasteiger partial charge in [0.25, 0.3) is 0 Å². The number of phenols is 1. The molecule has 0 aromatic heterocycles. The third kappa shape index (κ3) is 8.52. The number of hydrogen-bond donors (Lipinski definition) is 1. The molecule has 0 saturated heterocycles. The van der Waals surface area contributed by atoms with E-state index in [1.807, 2.05) is 12.1 Å². The van der Waals surface area contributed by atoms with Gasteiger partial charge in [0.1, 0.15) is 18.9 Å². The number of aromatic hydroxyl groups is 1. The summed E-state index contributed by atoms with van der Waals surface area (Å²) in [5, 5.41) is 10.8. The predicted octanol–water partition coefficient (Wildman–Crippen LogP) is 1.17. The molecule has 0 bridgehead atoms. The van der Waals surface area contributed by atoms with Crippen molar-refractivity contribution in [2.24, 2.45) is 0 Å². The van der Waals surface area contributed by atoms with Crippen LogP contribution in [0.2, 0.25) is 0 Å². The van der Waals surface area contributed by atoms with Gasteiger partial charge in [-0.15, -0.1) is 0 Å². The Balaban J connectivity index is 0.00000676. The monoisotopic (exact) mass is 399 g/mol. The maximum Gasteiger partial charge on any atom is 0.306 e. The maximum absolute atomic E-state index is 12.1. The van der Waals surface area contributed by atoms with E-state index in [4.69, 9.17) is 4.74 Å². The fourth-order valence-electron chi connectivity index (χ4n) is 2.73. The second-order valence-electron chi connectivity index (χ2n) is 10.3. The second-order valence-corrected chi connectivity index (χ2v) is 10.3. The van der Waals surface area contributed by atoms with Crippen LogP contribution in [0.3, 0.4) is 0 Å². The lowest BCUT2D eigenvalue weighted by molar-refractivity contribution is -0.870. The minimum Gasteiger partial charge on any atom is -1.00 e. The largest absolute Gasteiger partial charge is 1.00 e. The molecule has 1 aromatic carbocycles. The lowest BCUT2D eigenvalue weighted by Crippen LogP contribution is -3.00. The number of phenolic OH excluding ortho intramolecular Hbond substituents is 1. The lowest BCUT2D eigenvalue weighted by Gasteiger charge is -2.28. The highest BCUT2D eigenvalue weighted by molar-refractivity contribution is 5.69. The molecule has 0 amide bonds. The number of aryl methyl sites for hydroxylation is 1. The summed E-state index contributed by atoms with van der Waals surface area (Å²) in [6.45, 7) is 13.8. The zero-order chi connectivity index (χ0) is 20.3. The first kappa shape index (κ1) is 25.7. The molecule has 1 aromatic rings. The molecule has 0 atom stereocenters. The number of likely N-dealkylation sites (N-methyl/N-ethyl adjacent to an activating group) is 1. The van der Waals surface area contributed by atoms with Gasteiger partial charge in [-0.25, -0.2) is 0 Å². The molecule has 0 aliphatic rings. The van der Waals surface area contributed by atoms with Crippen LogP contribution in [0.1, 0.15) is 64.7 Å². The van der Waals surface area contributed by atoms with Crippen LogP contribution in [0.4, 0.5) is 0 Å². The zero-order valence-electron chi connectivity index (χ0n) is 18.6. The summed E-state index contributed by atoms with van der Waals surface area (Å²) < 4.78 is 6.13. The SMILES string of the molecule is CC(C)(C)c1cc(CCC(=O)OCC[N+](C)(C)C)cc(C(C)(C)C)c1O.[Cl-]. The van der Waals surface area contributed by atoms with Crippen molar-refractivity contribution in [3.8, 4) is 5.75 Å². The van der Waals surface area contributed by atoms with E-state index in [2.05, 4.69) is 62.7 Å². The number of benzene rings is 1. The number of nitrogens with zero attached hydrogens (tertiary/aromatic N) is 1. The minimum absolute atomic E-state index is 0. The molecule has 0 saturated carbocycles. The third-order valence-electron chi connectivity index (χ3n) is 4.43. The van der Waals surface area contributed by atoms with Crippen LogP contribution in [0.5, 0.6) is 5.75 Å². The van der Waals surface area contributed by atoms with E-state index in [1.165, 1.54) is 0 Å². The van der Waals surface area contributed by atoms with Gasteiger partial charge in [-0.2, -0.15) is 0 Å². The molecule has 0 aliphatic heterocycles. The van der Waals surface area contributed by atoms with Crippen LogP contribution in [0.25, 0.3) is 0 Å². The summed E-state index contributed by atoms with van der Waals surface area (Å²) in [5.41, 5.74) is 2.61. The topological polar surface area (TPSA) is 46.5 Å². The highest BCUT2D eigenvalue weighted by atomic mass is 35.5. The van der Waals surface area contributed by atoms with Gasteiger partial charge in [0, 0.05) is 6.42 Å². The summed E-state index contributed by atoms with van der Waals surface area (Å²) >= 11 is 0. The van der Waals surface area contributed by atoms with E-state index in [0.29, 0.717) is 25.2 Å². The van der Waals surface area contributed by atoms with Gasteiger partial charge in [-0.3, -0.25) is 4.79 Å². The molecule has 156 valence electrons. The van der Waals surface area contributed by atoms with Crippen molar-refractivity contribution < 1.29 is 31.5 Å². The van der Waals surface area contributed by atoms with E-state index in [1.54, 1.807) is 0 Å². The molecule has 5 heteroatoms. The number of carbonyl (C=O) groups excluding carboxylic acids is 1. The smallest absolute Gasteiger partial charge is 0.306 e. The Morgan fingerprint density at radius 2 is 1.44 bits per heavy atom. The Labute approximate surface area is 171 Å². The summed E-state index contributed by atoms with van der Waals surface area (Å²) in [6, 6.07) is 4.06. The van der Waals surface area contributed by atoms with Crippen LogP contribution < -0.4 is 12.4 Å². The predicted molar refractivity (Wildman–Crippen MR) is 108 cm³/mol. The summed E-state index contributed by atoms with van der Waals surface area (Å²) in [7, 11) is 6.23. The number of ether oxygens (including phenoxy) is 1. The molecule has 0 fully saturated rings. The number of rotatable bonds is 6. The Kier molecular flexibility index (Phi) is 8.86. The Morgan fingerprint density at radius 1 is 1.00 bits per heavy atom. The molecule has 0 radical (unpaired) electrons. The Morgan fingerprint density at radius 3 is 1.81 bits per heavy atom. The van der Waals surface area contributed by atoms with Gasteiger partial charge in [-0.1, -0.05) is 53.7 Å². The number of hydrogen-bond acceptors (Lipinski definition) is 3. The molecule has 0 aliphatic carbocycles. The van der Waals surface area contributed by atoms with Gasteiger partial charge >= 0.3 is 5.97 Å². The van der Waals surface area contributed by atoms with Crippen molar-refractivity contribution in [3.05, 3.63) is 28.8 Å². The number of carbonyl (C=O) groups is 1.